The van der Waals surface area contributed by atoms with E-state index in [0.29, 0.717) is 12.1 Å². The molecule has 0 spiro atoms. The summed E-state index contributed by atoms with van der Waals surface area (Å²) in [6, 6.07) is 4.95. The predicted molar refractivity (Wildman–Crippen MR) is 84.6 cm³/mol. The van der Waals surface area contributed by atoms with E-state index in [1.807, 2.05) is 11.4 Å². The lowest BCUT2D eigenvalue weighted by atomic mass is 9.85. The highest BCUT2D eigenvalue weighted by Gasteiger charge is 2.36. The van der Waals surface area contributed by atoms with Crippen LogP contribution in [0.4, 0.5) is 0 Å². The Labute approximate surface area is 134 Å². The van der Waals surface area contributed by atoms with E-state index >= 15 is 0 Å². The van der Waals surface area contributed by atoms with Crippen LogP contribution in [0, 0.1) is 17.2 Å². The summed E-state index contributed by atoms with van der Waals surface area (Å²) in [5.74, 6) is 0.00144. The second-order valence-electron chi connectivity index (χ2n) is 6.38. The number of aliphatic carboxylic acids is 1. The van der Waals surface area contributed by atoms with Gasteiger partial charge in [0.2, 0.25) is 0 Å². The quantitative estimate of drug-likeness (QED) is 0.767. The van der Waals surface area contributed by atoms with Crippen molar-refractivity contribution < 1.29 is 9.90 Å². The second kappa shape index (κ2) is 6.78. The average Bonchev–Trinajstić information content (AvgIpc) is 3.12. The Morgan fingerprint density at radius 3 is 2.86 bits per heavy atom. The fourth-order valence-electron chi connectivity index (χ4n) is 2.98. The standard InChI is InChI=1S/C16H21N3O2S/c17-6-12-3-15(22-10-12)7-18-13-4-14(5-13)19(9-16(20)21)8-11-1-2-11/h3,10-11,13-14,18H,1-2,4-5,7-9H2,(H,20,21). The van der Waals surface area contributed by atoms with E-state index in [1.54, 1.807) is 11.3 Å². The molecule has 2 aliphatic carbocycles. The first-order valence-corrected chi connectivity index (χ1v) is 8.68. The van der Waals surface area contributed by atoms with Crippen LogP contribution in [0.1, 0.15) is 36.1 Å². The van der Waals surface area contributed by atoms with Gasteiger partial charge in [-0.15, -0.1) is 11.3 Å². The molecule has 2 saturated carbocycles. The van der Waals surface area contributed by atoms with Crippen molar-refractivity contribution in [1.29, 1.82) is 5.26 Å². The van der Waals surface area contributed by atoms with E-state index < -0.39 is 5.97 Å². The highest BCUT2D eigenvalue weighted by molar-refractivity contribution is 7.10. The Morgan fingerprint density at radius 2 is 2.27 bits per heavy atom. The maximum absolute atomic E-state index is 11.0. The topological polar surface area (TPSA) is 76.4 Å². The summed E-state index contributed by atoms with van der Waals surface area (Å²) < 4.78 is 0. The Bertz CT molecular complexity index is 570. The van der Waals surface area contributed by atoms with E-state index in [2.05, 4.69) is 16.3 Å². The minimum absolute atomic E-state index is 0.171. The molecule has 2 aliphatic rings. The molecule has 0 atom stereocenters. The minimum atomic E-state index is -0.723. The van der Waals surface area contributed by atoms with Gasteiger partial charge in [-0.25, -0.2) is 0 Å². The third-order valence-electron chi connectivity index (χ3n) is 4.51. The number of carboxylic acid groups (broad SMARTS) is 1. The van der Waals surface area contributed by atoms with Crippen molar-refractivity contribution in [2.45, 2.75) is 44.3 Å². The largest absolute Gasteiger partial charge is 0.480 e. The number of thiophene rings is 1. The summed E-state index contributed by atoms with van der Waals surface area (Å²) in [5.41, 5.74) is 0.727. The van der Waals surface area contributed by atoms with E-state index in [0.717, 1.165) is 37.4 Å². The van der Waals surface area contributed by atoms with Gasteiger partial charge in [0.25, 0.3) is 0 Å². The van der Waals surface area contributed by atoms with Gasteiger partial charge in [-0.1, -0.05) is 0 Å². The van der Waals surface area contributed by atoms with Crippen molar-refractivity contribution in [1.82, 2.24) is 10.2 Å². The fourth-order valence-corrected chi connectivity index (χ4v) is 3.74. The summed E-state index contributed by atoms with van der Waals surface area (Å²) in [5, 5.41) is 23.2. The molecular formula is C16H21N3O2S. The van der Waals surface area contributed by atoms with Gasteiger partial charge in [0.05, 0.1) is 12.1 Å². The number of nitrogens with zero attached hydrogens (tertiary/aromatic N) is 2. The molecule has 0 aromatic carbocycles. The van der Waals surface area contributed by atoms with Crippen molar-refractivity contribution in [3.05, 3.63) is 21.9 Å². The molecule has 0 aliphatic heterocycles. The molecule has 3 rings (SSSR count). The number of nitriles is 1. The first-order chi connectivity index (χ1) is 10.6. The monoisotopic (exact) mass is 319 g/mol. The molecule has 1 heterocycles. The van der Waals surface area contributed by atoms with E-state index in [1.165, 1.54) is 17.7 Å². The lowest BCUT2D eigenvalue weighted by Crippen LogP contribution is -2.54. The van der Waals surface area contributed by atoms with Crippen molar-refractivity contribution in [2.75, 3.05) is 13.1 Å². The zero-order chi connectivity index (χ0) is 15.5. The van der Waals surface area contributed by atoms with Crippen molar-refractivity contribution in [3.8, 4) is 6.07 Å². The minimum Gasteiger partial charge on any atom is -0.480 e. The molecular weight excluding hydrogens is 298 g/mol. The lowest BCUT2D eigenvalue weighted by Gasteiger charge is -2.43. The van der Waals surface area contributed by atoms with Crippen molar-refractivity contribution in [3.63, 3.8) is 0 Å². The van der Waals surface area contributed by atoms with Crippen LogP contribution in [0.5, 0.6) is 0 Å². The van der Waals surface area contributed by atoms with Crippen molar-refractivity contribution in [2.24, 2.45) is 5.92 Å². The molecule has 2 N–H and O–H groups in total. The van der Waals surface area contributed by atoms with Gasteiger partial charge >= 0.3 is 5.97 Å². The molecule has 118 valence electrons. The van der Waals surface area contributed by atoms with Gasteiger partial charge in [-0.3, -0.25) is 9.69 Å². The van der Waals surface area contributed by atoms with Crippen LogP contribution in [0.15, 0.2) is 11.4 Å². The number of hydrogen-bond donors (Lipinski definition) is 2. The second-order valence-corrected chi connectivity index (χ2v) is 7.38. The molecule has 0 bridgehead atoms. The van der Waals surface area contributed by atoms with Crippen LogP contribution in [0.25, 0.3) is 0 Å². The van der Waals surface area contributed by atoms with Crippen LogP contribution >= 0.6 is 11.3 Å². The SMILES string of the molecule is N#Cc1csc(CNC2CC(N(CC(=O)O)CC3CC3)C2)c1. The van der Waals surface area contributed by atoms with Crippen LogP contribution < -0.4 is 5.32 Å². The summed E-state index contributed by atoms with van der Waals surface area (Å²) >= 11 is 1.61. The number of nitrogens with one attached hydrogen (secondary N) is 1. The van der Waals surface area contributed by atoms with Gasteiger partial charge in [0, 0.05) is 35.4 Å². The third kappa shape index (κ3) is 4.07. The predicted octanol–water partition coefficient (Wildman–Crippen LogP) is 2.04. The van der Waals surface area contributed by atoms with Crippen molar-refractivity contribution >= 4 is 17.3 Å². The Kier molecular flexibility index (Phi) is 4.77. The first kappa shape index (κ1) is 15.5. The average molecular weight is 319 g/mol. The molecule has 0 saturated heterocycles. The maximum Gasteiger partial charge on any atom is 0.317 e. The normalized spacial score (nSPS) is 24.0. The molecule has 6 heteroatoms. The van der Waals surface area contributed by atoms with E-state index in [-0.39, 0.29) is 6.54 Å². The maximum atomic E-state index is 11.0. The molecule has 1 aromatic rings. The van der Waals surface area contributed by atoms with Crippen LogP contribution in [-0.2, 0) is 11.3 Å². The van der Waals surface area contributed by atoms with Gasteiger partial charge in [-0.05, 0) is 37.7 Å². The molecule has 0 amide bonds. The number of carbonyl (C=O) groups is 1. The number of carboxylic acids is 1. The summed E-state index contributed by atoms with van der Waals surface area (Å²) in [6.45, 7) is 1.91. The Hall–Kier alpha value is -1.42. The van der Waals surface area contributed by atoms with Gasteiger partial charge in [0.1, 0.15) is 6.07 Å². The highest BCUT2D eigenvalue weighted by Crippen LogP contribution is 2.33. The zero-order valence-electron chi connectivity index (χ0n) is 12.5. The molecule has 0 unspecified atom stereocenters. The summed E-state index contributed by atoms with van der Waals surface area (Å²) in [4.78, 5) is 14.3. The fraction of sp³-hybridized carbons (Fsp3) is 0.625. The first-order valence-electron chi connectivity index (χ1n) is 7.80. The molecule has 0 radical (unpaired) electrons. The Balaban J connectivity index is 1.41. The molecule has 5 nitrogen and oxygen atoms in total. The molecule has 1 aromatic heterocycles. The third-order valence-corrected chi connectivity index (χ3v) is 5.44. The zero-order valence-corrected chi connectivity index (χ0v) is 13.3. The van der Waals surface area contributed by atoms with Gasteiger partial charge < -0.3 is 10.4 Å². The lowest BCUT2D eigenvalue weighted by molar-refractivity contribution is -0.139. The van der Waals surface area contributed by atoms with Crippen LogP contribution in [0.3, 0.4) is 0 Å². The van der Waals surface area contributed by atoms with Gasteiger partial charge in [0.15, 0.2) is 0 Å². The highest BCUT2D eigenvalue weighted by atomic mass is 32.1. The van der Waals surface area contributed by atoms with E-state index in [9.17, 15) is 4.79 Å². The summed E-state index contributed by atoms with van der Waals surface area (Å²) in [7, 11) is 0. The van der Waals surface area contributed by atoms with Gasteiger partial charge in [-0.2, -0.15) is 5.26 Å². The van der Waals surface area contributed by atoms with E-state index in [4.69, 9.17) is 10.4 Å². The number of rotatable bonds is 8. The molecule has 2 fully saturated rings. The Morgan fingerprint density at radius 1 is 1.50 bits per heavy atom. The molecule has 22 heavy (non-hydrogen) atoms. The van der Waals surface area contributed by atoms with Crippen LogP contribution in [0.2, 0.25) is 0 Å². The van der Waals surface area contributed by atoms with Crippen LogP contribution in [-0.4, -0.2) is 41.1 Å². The summed E-state index contributed by atoms with van der Waals surface area (Å²) in [6.07, 6.45) is 4.56. The smallest absolute Gasteiger partial charge is 0.317 e. The number of hydrogen-bond acceptors (Lipinski definition) is 5.